The van der Waals surface area contributed by atoms with E-state index in [1.54, 1.807) is 11.8 Å². The van der Waals surface area contributed by atoms with Crippen LogP contribution in [0.2, 0.25) is 0 Å². The Morgan fingerprint density at radius 2 is 2.06 bits per heavy atom. The zero-order valence-electron chi connectivity index (χ0n) is 8.77. The summed E-state index contributed by atoms with van der Waals surface area (Å²) >= 11 is 5.25. The Morgan fingerprint density at radius 1 is 1.25 bits per heavy atom. The van der Waals surface area contributed by atoms with Crippen LogP contribution in [0.25, 0.3) is 0 Å². The lowest BCUT2D eigenvalue weighted by molar-refractivity contribution is 1.23. The molecule has 1 N–H and O–H groups in total. The summed E-state index contributed by atoms with van der Waals surface area (Å²) in [6.07, 6.45) is 1.81. The van der Waals surface area contributed by atoms with E-state index in [-0.39, 0.29) is 0 Å². The van der Waals surface area contributed by atoms with Gasteiger partial charge < -0.3 is 5.32 Å². The first-order valence-electron chi connectivity index (χ1n) is 4.86. The van der Waals surface area contributed by atoms with E-state index in [4.69, 9.17) is 0 Å². The Bertz CT molecular complexity index is 488. The third-order valence-corrected chi connectivity index (χ3v) is 4.07. The number of nitrogens with one attached hydrogen (secondary N) is 1. The molecule has 1 heterocycles. The summed E-state index contributed by atoms with van der Waals surface area (Å²) in [7, 11) is 1.87. The third-order valence-electron chi connectivity index (χ3n) is 2.05. The van der Waals surface area contributed by atoms with Gasteiger partial charge in [-0.25, -0.2) is 4.98 Å². The van der Waals surface area contributed by atoms with Gasteiger partial charge in [0.15, 0.2) is 0 Å². The number of hydrogen-bond acceptors (Lipinski definition) is 3. The second kappa shape index (κ2) is 5.37. The highest BCUT2D eigenvalue weighted by Gasteiger charge is 2.02. The summed E-state index contributed by atoms with van der Waals surface area (Å²) in [6, 6.07) is 12.2. The minimum absolute atomic E-state index is 0.886. The predicted octanol–water partition coefficient (Wildman–Crippen LogP) is 4.04. The Balaban J connectivity index is 2.24. The van der Waals surface area contributed by atoms with Crippen LogP contribution in [0.15, 0.2) is 56.9 Å². The maximum absolute atomic E-state index is 4.19. The molecule has 2 nitrogen and oxygen atoms in total. The molecule has 0 radical (unpaired) electrons. The summed E-state index contributed by atoms with van der Waals surface area (Å²) < 4.78 is 1.11. The molecule has 0 spiro atoms. The molecule has 0 aliphatic rings. The van der Waals surface area contributed by atoms with Crippen LogP contribution in [0.1, 0.15) is 0 Å². The van der Waals surface area contributed by atoms with Crippen molar-refractivity contribution in [3.8, 4) is 0 Å². The van der Waals surface area contributed by atoms with Crippen molar-refractivity contribution < 1.29 is 0 Å². The van der Waals surface area contributed by atoms with Gasteiger partial charge in [0.25, 0.3) is 0 Å². The third kappa shape index (κ3) is 2.77. The van der Waals surface area contributed by atoms with Gasteiger partial charge in [0.1, 0.15) is 5.82 Å². The van der Waals surface area contributed by atoms with Crippen LogP contribution in [0, 0.1) is 0 Å². The molecule has 0 fully saturated rings. The average Bonchev–Trinajstić information content (AvgIpc) is 2.32. The minimum Gasteiger partial charge on any atom is -0.373 e. The molecule has 0 atom stereocenters. The number of pyridine rings is 1. The molecule has 0 saturated carbocycles. The van der Waals surface area contributed by atoms with Crippen LogP contribution >= 0.6 is 27.7 Å². The van der Waals surface area contributed by atoms with Gasteiger partial charge in [0, 0.05) is 27.5 Å². The first-order valence-corrected chi connectivity index (χ1v) is 6.47. The van der Waals surface area contributed by atoms with Crippen molar-refractivity contribution >= 4 is 33.5 Å². The van der Waals surface area contributed by atoms with E-state index in [1.165, 1.54) is 9.79 Å². The maximum Gasteiger partial charge on any atom is 0.126 e. The predicted molar refractivity (Wildman–Crippen MR) is 72.0 cm³/mol. The van der Waals surface area contributed by atoms with Gasteiger partial charge in [0.05, 0.1) is 0 Å². The smallest absolute Gasteiger partial charge is 0.126 e. The van der Waals surface area contributed by atoms with E-state index < -0.39 is 0 Å². The SMILES string of the molecule is CNc1cc(Sc2ccccc2Br)ccn1. The highest BCUT2D eigenvalue weighted by molar-refractivity contribution is 9.10. The van der Waals surface area contributed by atoms with Gasteiger partial charge in [-0.15, -0.1) is 0 Å². The van der Waals surface area contributed by atoms with Crippen molar-refractivity contribution in [2.45, 2.75) is 9.79 Å². The van der Waals surface area contributed by atoms with Crippen molar-refractivity contribution in [2.24, 2.45) is 0 Å². The largest absolute Gasteiger partial charge is 0.373 e. The van der Waals surface area contributed by atoms with Gasteiger partial charge in [-0.2, -0.15) is 0 Å². The Morgan fingerprint density at radius 3 is 2.81 bits per heavy atom. The molecule has 82 valence electrons. The number of nitrogens with zero attached hydrogens (tertiary/aromatic N) is 1. The van der Waals surface area contributed by atoms with Crippen LogP contribution < -0.4 is 5.32 Å². The van der Waals surface area contributed by atoms with Gasteiger partial charge in [-0.1, -0.05) is 23.9 Å². The lowest BCUT2D eigenvalue weighted by Gasteiger charge is -2.05. The summed E-state index contributed by atoms with van der Waals surface area (Å²) in [5, 5.41) is 3.03. The molecule has 4 heteroatoms. The van der Waals surface area contributed by atoms with Crippen molar-refractivity contribution in [1.29, 1.82) is 0 Å². The Kier molecular flexibility index (Phi) is 3.85. The molecule has 0 aliphatic heterocycles. The number of anilines is 1. The molecular formula is C12H11BrN2S. The van der Waals surface area contributed by atoms with Gasteiger partial charge in [-0.3, -0.25) is 0 Å². The first kappa shape index (κ1) is 11.5. The molecule has 1 aromatic heterocycles. The highest BCUT2D eigenvalue weighted by atomic mass is 79.9. The number of rotatable bonds is 3. The fourth-order valence-corrected chi connectivity index (χ4v) is 2.66. The lowest BCUT2D eigenvalue weighted by atomic mass is 10.4. The van der Waals surface area contributed by atoms with Crippen molar-refractivity contribution in [3.63, 3.8) is 0 Å². The summed E-state index contributed by atoms with van der Waals surface area (Å²) in [5.41, 5.74) is 0. The number of benzene rings is 1. The van der Waals surface area contributed by atoms with Crippen molar-refractivity contribution in [1.82, 2.24) is 4.98 Å². The summed E-state index contributed by atoms with van der Waals surface area (Å²) in [6.45, 7) is 0. The van der Waals surface area contributed by atoms with Crippen LogP contribution in [0.4, 0.5) is 5.82 Å². The number of aromatic nitrogens is 1. The second-order valence-electron chi connectivity index (χ2n) is 3.16. The van der Waals surface area contributed by atoms with E-state index in [2.05, 4.69) is 32.3 Å². The monoisotopic (exact) mass is 294 g/mol. The fraction of sp³-hybridized carbons (Fsp3) is 0.0833. The van der Waals surface area contributed by atoms with Crippen LogP contribution in [0.5, 0.6) is 0 Å². The molecule has 0 aliphatic carbocycles. The fourth-order valence-electron chi connectivity index (χ4n) is 1.27. The van der Waals surface area contributed by atoms with Gasteiger partial charge >= 0.3 is 0 Å². The van der Waals surface area contributed by atoms with E-state index in [0.717, 1.165) is 10.3 Å². The van der Waals surface area contributed by atoms with Gasteiger partial charge in [0.2, 0.25) is 0 Å². The van der Waals surface area contributed by atoms with Crippen LogP contribution in [-0.4, -0.2) is 12.0 Å². The van der Waals surface area contributed by atoms with Crippen molar-refractivity contribution in [3.05, 3.63) is 47.1 Å². The molecule has 2 rings (SSSR count). The molecule has 1 aromatic carbocycles. The first-order chi connectivity index (χ1) is 7.79. The minimum atomic E-state index is 0.886. The Labute approximate surface area is 108 Å². The highest BCUT2D eigenvalue weighted by Crippen LogP contribution is 2.33. The summed E-state index contributed by atoms with van der Waals surface area (Å²) in [5.74, 6) is 0.886. The second-order valence-corrected chi connectivity index (χ2v) is 5.13. The Hall–Kier alpha value is -1.00. The van der Waals surface area contributed by atoms with Gasteiger partial charge in [-0.05, 0) is 40.2 Å². The topological polar surface area (TPSA) is 24.9 Å². The number of halogens is 1. The summed E-state index contributed by atoms with van der Waals surface area (Å²) in [4.78, 5) is 6.56. The molecule has 0 amide bonds. The quantitative estimate of drug-likeness (QED) is 0.925. The zero-order valence-corrected chi connectivity index (χ0v) is 11.2. The maximum atomic E-state index is 4.19. The molecule has 0 unspecified atom stereocenters. The normalized spacial score (nSPS) is 10.1. The molecular weight excluding hydrogens is 284 g/mol. The average molecular weight is 295 g/mol. The molecule has 0 saturated heterocycles. The van der Waals surface area contributed by atoms with E-state index in [9.17, 15) is 0 Å². The lowest BCUT2D eigenvalue weighted by Crippen LogP contribution is -1.90. The van der Waals surface area contributed by atoms with Crippen LogP contribution in [0.3, 0.4) is 0 Å². The molecule has 0 bridgehead atoms. The van der Waals surface area contributed by atoms with E-state index in [1.807, 2.05) is 43.6 Å². The van der Waals surface area contributed by atoms with E-state index in [0.29, 0.717) is 0 Å². The number of hydrogen-bond donors (Lipinski definition) is 1. The van der Waals surface area contributed by atoms with Crippen LogP contribution in [-0.2, 0) is 0 Å². The van der Waals surface area contributed by atoms with Crippen molar-refractivity contribution in [2.75, 3.05) is 12.4 Å². The zero-order chi connectivity index (χ0) is 11.4. The molecule has 2 aromatic rings. The van der Waals surface area contributed by atoms with E-state index >= 15 is 0 Å². The molecule has 16 heavy (non-hydrogen) atoms. The standard InChI is InChI=1S/C12H11BrN2S/c1-14-12-8-9(6-7-15-12)16-11-5-3-2-4-10(11)13/h2-8H,1H3,(H,14,15).